The van der Waals surface area contributed by atoms with Crippen LogP contribution in [0.25, 0.3) is 0 Å². The Morgan fingerprint density at radius 2 is 2.27 bits per heavy atom. The number of thioether (sulfide) groups is 1. The minimum atomic E-state index is -0.185. The number of thiophene rings is 1. The topological polar surface area (TPSA) is 23.5 Å². The van der Waals surface area contributed by atoms with Crippen LogP contribution in [0.4, 0.5) is 0 Å². The zero-order chi connectivity index (χ0) is 10.5. The maximum absolute atomic E-state index is 9.85. The first kappa shape index (κ1) is 11.5. The summed E-state index contributed by atoms with van der Waals surface area (Å²) < 4.78 is 1.30. The largest absolute Gasteiger partial charge is 0.391 e. The summed E-state index contributed by atoms with van der Waals surface area (Å²) in [6.45, 7) is 3.18. The van der Waals surface area contributed by atoms with E-state index < -0.39 is 0 Å². The predicted octanol–water partition coefficient (Wildman–Crippen LogP) is 2.30. The predicted molar refractivity (Wildman–Crippen MR) is 66.7 cm³/mol. The van der Waals surface area contributed by atoms with E-state index in [-0.39, 0.29) is 6.10 Å². The Bertz CT molecular complexity index is 270. The van der Waals surface area contributed by atoms with Crippen molar-refractivity contribution in [3.8, 4) is 0 Å². The van der Waals surface area contributed by atoms with Crippen LogP contribution in [-0.2, 0) is 0 Å². The van der Waals surface area contributed by atoms with Crippen LogP contribution in [0.3, 0.4) is 0 Å². The number of hydrogen-bond donors (Lipinski definition) is 1. The van der Waals surface area contributed by atoms with Gasteiger partial charge in [0.05, 0.1) is 10.3 Å². The van der Waals surface area contributed by atoms with Gasteiger partial charge in [0.2, 0.25) is 0 Å². The second-order valence-electron chi connectivity index (χ2n) is 3.90. The molecule has 0 amide bonds. The molecule has 1 atom stereocenters. The van der Waals surface area contributed by atoms with Crippen LogP contribution in [0.5, 0.6) is 0 Å². The zero-order valence-corrected chi connectivity index (χ0v) is 10.4. The lowest BCUT2D eigenvalue weighted by Crippen LogP contribution is -2.31. The maximum Gasteiger partial charge on any atom is 0.0761 e. The van der Waals surface area contributed by atoms with Crippen molar-refractivity contribution in [1.82, 2.24) is 4.90 Å². The van der Waals surface area contributed by atoms with Gasteiger partial charge in [-0.3, -0.25) is 0 Å². The molecule has 0 spiro atoms. The number of β-amino-alcohol motifs (C(OH)–C–C–N with tert-alkyl or cyclic N) is 1. The van der Waals surface area contributed by atoms with Crippen molar-refractivity contribution >= 4 is 23.1 Å². The smallest absolute Gasteiger partial charge is 0.0761 e. The molecule has 84 valence electrons. The third-order valence-electron chi connectivity index (χ3n) is 2.58. The molecule has 0 saturated carbocycles. The molecule has 1 aliphatic heterocycles. The van der Waals surface area contributed by atoms with Crippen LogP contribution < -0.4 is 0 Å². The van der Waals surface area contributed by atoms with Crippen LogP contribution in [0.15, 0.2) is 21.7 Å². The fourth-order valence-electron chi connectivity index (χ4n) is 1.84. The molecule has 1 N–H and O–H groups in total. The van der Waals surface area contributed by atoms with E-state index in [2.05, 4.69) is 22.4 Å². The average Bonchev–Trinajstić information content (AvgIpc) is 2.86. The molecule has 4 heteroatoms. The van der Waals surface area contributed by atoms with Gasteiger partial charge in [0.1, 0.15) is 0 Å². The van der Waals surface area contributed by atoms with Crippen molar-refractivity contribution in [2.24, 2.45) is 0 Å². The lowest BCUT2D eigenvalue weighted by molar-refractivity contribution is 0.145. The molecule has 1 aromatic rings. The Morgan fingerprint density at radius 3 is 2.93 bits per heavy atom. The average molecular weight is 243 g/mol. The lowest BCUT2D eigenvalue weighted by atomic mass is 10.4. The van der Waals surface area contributed by atoms with Gasteiger partial charge in [-0.2, -0.15) is 0 Å². The van der Waals surface area contributed by atoms with Crippen molar-refractivity contribution < 1.29 is 5.11 Å². The molecule has 0 radical (unpaired) electrons. The summed E-state index contributed by atoms with van der Waals surface area (Å²) in [7, 11) is 0. The van der Waals surface area contributed by atoms with Crippen molar-refractivity contribution in [2.75, 3.05) is 25.4 Å². The van der Waals surface area contributed by atoms with E-state index in [1.165, 1.54) is 30.1 Å². The molecule has 1 aliphatic rings. The van der Waals surface area contributed by atoms with E-state index in [9.17, 15) is 5.11 Å². The number of aliphatic hydroxyl groups excluding tert-OH is 1. The molecular weight excluding hydrogens is 226 g/mol. The quantitative estimate of drug-likeness (QED) is 0.803. The van der Waals surface area contributed by atoms with Crippen LogP contribution in [0, 0.1) is 0 Å². The van der Waals surface area contributed by atoms with Gasteiger partial charge in [-0.05, 0) is 37.4 Å². The third-order valence-corrected chi connectivity index (χ3v) is 4.86. The number of aliphatic hydroxyl groups is 1. The van der Waals surface area contributed by atoms with Gasteiger partial charge < -0.3 is 10.0 Å². The maximum atomic E-state index is 9.85. The number of likely N-dealkylation sites (tertiary alicyclic amines) is 1. The molecule has 2 rings (SSSR count). The van der Waals surface area contributed by atoms with Gasteiger partial charge in [0.25, 0.3) is 0 Å². The highest BCUT2D eigenvalue weighted by atomic mass is 32.2. The molecule has 15 heavy (non-hydrogen) atoms. The third kappa shape index (κ3) is 3.79. The normalized spacial score (nSPS) is 19.5. The summed E-state index contributed by atoms with van der Waals surface area (Å²) in [6.07, 6.45) is 2.41. The van der Waals surface area contributed by atoms with Gasteiger partial charge in [-0.1, -0.05) is 6.07 Å². The Balaban J connectivity index is 1.66. The number of rotatable bonds is 5. The van der Waals surface area contributed by atoms with Crippen molar-refractivity contribution in [3.05, 3.63) is 17.5 Å². The highest BCUT2D eigenvalue weighted by Gasteiger charge is 2.15. The SMILES string of the molecule is OC(CSc1cccs1)CN1CCCC1. The van der Waals surface area contributed by atoms with Crippen molar-refractivity contribution in [2.45, 2.75) is 23.2 Å². The molecule has 1 aromatic heterocycles. The molecule has 1 fully saturated rings. The van der Waals surface area contributed by atoms with Crippen LogP contribution >= 0.6 is 23.1 Å². The second-order valence-corrected chi connectivity index (χ2v) is 6.17. The summed E-state index contributed by atoms with van der Waals surface area (Å²) in [6, 6.07) is 4.16. The summed E-state index contributed by atoms with van der Waals surface area (Å²) in [5, 5.41) is 11.9. The summed E-state index contributed by atoms with van der Waals surface area (Å²) >= 11 is 3.51. The zero-order valence-electron chi connectivity index (χ0n) is 8.76. The minimum Gasteiger partial charge on any atom is -0.391 e. The monoisotopic (exact) mass is 243 g/mol. The Morgan fingerprint density at radius 1 is 1.47 bits per heavy atom. The number of hydrogen-bond acceptors (Lipinski definition) is 4. The molecule has 2 nitrogen and oxygen atoms in total. The van der Waals surface area contributed by atoms with E-state index in [0.29, 0.717) is 0 Å². The van der Waals surface area contributed by atoms with Crippen LogP contribution in [-0.4, -0.2) is 41.5 Å². The van der Waals surface area contributed by atoms with Gasteiger partial charge in [-0.25, -0.2) is 0 Å². The summed E-state index contributed by atoms with van der Waals surface area (Å²) in [5.41, 5.74) is 0. The Kier molecular flexibility index (Phi) is 4.50. The first-order valence-electron chi connectivity index (χ1n) is 5.41. The molecule has 0 bridgehead atoms. The minimum absolute atomic E-state index is 0.185. The fraction of sp³-hybridized carbons (Fsp3) is 0.636. The molecular formula is C11H17NOS2. The highest BCUT2D eigenvalue weighted by molar-refractivity contribution is 8.01. The lowest BCUT2D eigenvalue weighted by Gasteiger charge is -2.18. The Hall–Kier alpha value is -0.0300. The van der Waals surface area contributed by atoms with Crippen LogP contribution in [0.2, 0.25) is 0 Å². The first-order valence-corrected chi connectivity index (χ1v) is 7.28. The van der Waals surface area contributed by atoms with Gasteiger partial charge in [0.15, 0.2) is 0 Å². The number of nitrogens with zero attached hydrogens (tertiary/aromatic N) is 1. The van der Waals surface area contributed by atoms with Gasteiger partial charge in [-0.15, -0.1) is 23.1 Å². The molecule has 1 saturated heterocycles. The van der Waals surface area contributed by atoms with E-state index >= 15 is 0 Å². The van der Waals surface area contributed by atoms with E-state index in [1.54, 1.807) is 23.1 Å². The summed E-state index contributed by atoms with van der Waals surface area (Å²) in [5.74, 6) is 0.816. The highest BCUT2D eigenvalue weighted by Crippen LogP contribution is 2.24. The van der Waals surface area contributed by atoms with Gasteiger partial charge >= 0.3 is 0 Å². The second kappa shape index (κ2) is 5.89. The van der Waals surface area contributed by atoms with Gasteiger partial charge in [0, 0.05) is 12.3 Å². The molecule has 1 unspecified atom stereocenters. The molecule has 2 heterocycles. The van der Waals surface area contributed by atoms with Crippen molar-refractivity contribution in [1.29, 1.82) is 0 Å². The van der Waals surface area contributed by atoms with E-state index in [4.69, 9.17) is 0 Å². The summed E-state index contributed by atoms with van der Waals surface area (Å²) in [4.78, 5) is 2.36. The van der Waals surface area contributed by atoms with E-state index in [0.717, 1.165) is 12.3 Å². The van der Waals surface area contributed by atoms with E-state index in [1.807, 2.05) is 0 Å². The van der Waals surface area contributed by atoms with Crippen LogP contribution in [0.1, 0.15) is 12.8 Å². The molecule has 0 aliphatic carbocycles. The fourth-order valence-corrected chi connectivity index (χ4v) is 3.57. The van der Waals surface area contributed by atoms with Crippen molar-refractivity contribution in [3.63, 3.8) is 0 Å². The first-order chi connectivity index (χ1) is 7.34. The molecule has 0 aromatic carbocycles. The standard InChI is InChI=1S/C11H17NOS2/c13-10(8-12-5-1-2-6-12)9-15-11-4-3-7-14-11/h3-4,7,10,13H,1-2,5-6,8-9H2. The Labute approximate surface area is 99.3 Å².